The van der Waals surface area contributed by atoms with Crippen molar-refractivity contribution < 1.29 is 4.74 Å². The molecule has 0 saturated heterocycles. The second kappa shape index (κ2) is 4.74. The van der Waals surface area contributed by atoms with E-state index in [2.05, 4.69) is 17.4 Å². The highest BCUT2D eigenvalue weighted by Crippen LogP contribution is 2.27. The van der Waals surface area contributed by atoms with Gasteiger partial charge in [0.15, 0.2) is 0 Å². The molecular weight excluding hydrogens is 200 g/mol. The molecule has 2 rings (SSSR count). The number of ether oxygens (including phenoxy) is 1. The molecular formula is C13H20N2O. The highest BCUT2D eigenvalue weighted by molar-refractivity contribution is 5.58. The van der Waals surface area contributed by atoms with Crippen molar-refractivity contribution in [2.45, 2.75) is 38.8 Å². The van der Waals surface area contributed by atoms with Crippen LogP contribution in [0.5, 0.6) is 0 Å². The maximum Gasteiger partial charge on any atom is 0.0614 e. The highest BCUT2D eigenvalue weighted by atomic mass is 16.5. The van der Waals surface area contributed by atoms with Crippen molar-refractivity contribution in [1.29, 1.82) is 0 Å². The van der Waals surface area contributed by atoms with Gasteiger partial charge in [-0.25, -0.2) is 0 Å². The first-order chi connectivity index (χ1) is 7.69. The van der Waals surface area contributed by atoms with Gasteiger partial charge in [-0.05, 0) is 44.4 Å². The molecule has 0 radical (unpaired) electrons. The number of hydrogen-bond acceptors (Lipinski definition) is 3. The van der Waals surface area contributed by atoms with Gasteiger partial charge in [0, 0.05) is 24.0 Å². The molecule has 0 bridgehead atoms. The van der Waals surface area contributed by atoms with Gasteiger partial charge >= 0.3 is 0 Å². The number of nitrogens with one attached hydrogen (secondary N) is 1. The Labute approximate surface area is 97.0 Å². The fourth-order valence-corrected chi connectivity index (χ4v) is 2.02. The van der Waals surface area contributed by atoms with Gasteiger partial charge in [-0.3, -0.25) is 0 Å². The van der Waals surface area contributed by atoms with Gasteiger partial charge in [0.1, 0.15) is 0 Å². The Balaban J connectivity index is 1.84. The Hall–Kier alpha value is -1.22. The lowest BCUT2D eigenvalue weighted by Gasteiger charge is -2.36. The van der Waals surface area contributed by atoms with Crippen LogP contribution in [-0.4, -0.2) is 18.8 Å². The second-order valence-corrected chi connectivity index (χ2v) is 4.46. The zero-order valence-electron chi connectivity index (χ0n) is 9.99. The van der Waals surface area contributed by atoms with Crippen molar-refractivity contribution in [3.05, 3.63) is 23.8 Å². The van der Waals surface area contributed by atoms with Gasteiger partial charge in [-0.1, -0.05) is 6.07 Å². The molecule has 0 amide bonds. The molecule has 1 aliphatic rings. The van der Waals surface area contributed by atoms with Crippen LogP contribution in [0.3, 0.4) is 0 Å². The number of anilines is 2. The molecule has 1 aromatic carbocycles. The minimum Gasteiger partial charge on any atom is -0.398 e. The number of nitrogen functional groups attached to an aromatic ring is 1. The number of benzene rings is 1. The van der Waals surface area contributed by atoms with E-state index in [-0.39, 0.29) is 0 Å². The molecule has 3 nitrogen and oxygen atoms in total. The Morgan fingerprint density at radius 3 is 2.81 bits per heavy atom. The zero-order valence-corrected chi connectivity index (χ0v) is 9.99. The van der Waals surface area contributed by atoms with Gasteiger partial charge in [-0.15, -0.1) is 0 Å². The molecule has 16 heavy (non-hydrogen) atoms. The topological polar surface area (TPSA) is 47.3 Å². The van der Waals surface area contributed by atoms with Crippen LogP contribution in [0.25, 0.3) is 0 Å². The smallest absolute Gasteiger partial charge is 0.0614 e. The number of nitrogens with two attached hydrogens (primary N) is 1. The van der Waals surface area contributed by atoms with Gasteiger partial charge in [0.2, 0.25) is 0 Å². The van der Waals surface area contributed by atoms with Crippen molar-refractivity contribution in [3.8, 4) is 0 Å². The molecule has 1 aromatic rings. The maximum atomic E-state index is 5.87. The zero-order chi connectivity index (χ0) is 11.5. The van der Waals surface area contributed by atoms with Crippen LogP contribution < -0.4 is 11.1 Å². The first-order valence-electron chi connectivity index (χ1n) is 5.93. The molecule has 1 saturated carbocycles. The van der Waals surface area contributed by atoms with Crippen LogP contribution in [0.1, 0.15) is 25.3 Å². The summed E-state index contributed by atoms with van der Waals surface area (Å²) in [7, 11) is 0. The van der Waals surface area contributed by atoms with Crippen LogP contribution in [0, 0.1) is 6.92 Å². The first kappa shape index (κ1) is 11.3. The molecule has 0 aliphatic heterocycles. The lowest BCUT2D eigenvalue weighted by molar-refractivity contribution is 0.00299. The summed E-state index contributed by atoms with van der Waals surface area (Å²) in [5.41, 5.74) is 8.96. The molecule has 0 heterocycles. The van der Waals surface area contributed by atoms with E-state index in [4.69, 9.17) is 10.5 Å². The van der Waals surface area contributed by atoms with Crippen LogP contribution in [0.2, 0.25) is 0 Å². The van der Waals surface area contributed by atoms with Crippen molar-refractivity contribution in [2.24, 2.45) is 0 Å². The van der Waals surface area contributed by atoms with E-state index in [1.165, 1.54) is 0 Å². The van der Waals surface area contributed by atoms with E-state index in [9.17, 15) is 0 Å². The van der Waals surface area contributed by atoms with E-state index in [1.807, 2.05) is 19.9 Å². The second-order valence-electron chi connectivity index (χ2n) is 4.46. The molecule has 0 spiro atoms. The van der Waals surface area contributed by atoms with E-state index in [1.54, 1.807) is 0 Å². The van der Waals surface area contributed by atoms with Gasteiger partial charge < -0.3 is 15.8 Å². The monoisotopic (exact) mass is 220 g/mol. The quantitative estimate of drug-likeness (QED) is 0.767. The lowest BCUT2D eigenvalue weighted by Crippen LogP contribution is -2.40. The van der Waals surface area contributed by atoms with Crippen molar-refractivity contribution >= 4 is 11.4 Å². The Kier molecular flexibility index (Phi) is 3.34. The number of aryl methyl sites for hydroxylation is 1. The van der Waals surface area contributed by atoms with E-state index >= 15 is 0 Å². The molecule has 3 N–H and O–H groups in total. The Morgan fingerprint density at radius 2 is 2.19 bits per heavy atom. The summed E-state index contributed by atoms with van der Waals surface area (Å²) in [4.78, 5) is 0. The van der Waals surface area contributed by atoms with Crippen molar-refractivity contribution in [3.63, 3.8) is 0 Å². The predicted molar refractivity (Wildman–Crippen MR) is 67.7 cm³/mol. The molecule has 1 fully saturated rings. The first-order valence-corrected chi connectivity index (χ1v) is 5.93. The average molecular weight is 220 g/mol. The summed E-state index contributed by atoms with van der Waals surface area (Å²) in [6.45, 7) is 4.88. The Bertz CT molecular complexity index is 359. The molecule has 3 heteroatoms. The van der Waals surface area contributed by atoms with E-state index in [0.717, 1.165) is 36.4 Å². The minimum atomic E-state index is 0.449. The van der Waals surface area contributed by atoms with Crippen molar-refractivity contribution in [2.75, 3.05) is 17.7 Å². The lowest BCUT2D eigenvalue weighted by atomic mass is 9.89. The van der Waals surface area contributed by atoms with Gasteiger partial charge in [0.25, 0.3) is 0 Å². The molecule has 0 unspecified atom stereocenters. The van der Waals surface area contributed by atoms with Gasteiger partial charge in [-0.2, -0.15) is 0 Å². The van der Waals surface area contributed by atoms with Crippen LogP contribution >= 0.6 is 0 Å². The normalized spacial score (nSPS) is 23.9. The molecule has 0 aromatic heterocycles. The Morgan fingerprint density at radius 1 is 1.44 bits per heavy atom. The average Bonchev–Trinajstić information content (AvgIpc) is 2.20. The van der Waals surface area contributed by atoms with Crippen LogP contribution in [-0.2, 0) is 4.74 Å². The SMILES string of the molecule is CCOC1CC(Nc2ccc(C)c(N)c2)C1. The summed E-state index contributed by atoms with van der Waals surface area (Å²) in [5.74, 6) is 0. The fourth-order valence-electron chi connectivity index (χ4n) is 2.02. The standard InChI is InChI=1S/C13H20N2O/c1-3-16-12-6-11(7-12)15-10-5-4-9(2)13(14)8-10/h4-5,8,11-12,15H,3,6-7,14H2,1-2H3. The van der Waals surface area contributed by atoms with Crippen LogP contribution in [0.15, 0.2) is 18.2 Å². The third-order valence-corrected chi connectivity index (χ3v) is 3.15. The van der Waals surface area contributed by atoms with Crippen LogP contribution in [0.4, 0.5) is 11.4 Å². The summed E-state index contributed by atoms with van der Waals surface area (Å²) < 4.78 is 5.52. The third-order valence-electron chi connectivity index (χ3n) is 3.15. The number of hydrogen-bond donors (Lipinski definition) is 2. The van der Waals surface area contributed by atoms with E-state index < -0.39 is 0 Å². The minimum absolute atomic E-state index is 0.449. The maximum absolute atomic E-state index is 5.87. The number of rotatable bonds is 4. The molecule has 88 valence electrons. The molecule has 0 atom stereocenters. The summed E-state index contributed by atoms with van der Waals surface area (Å²) >= 11 is 0. The van der Waals surface area contributed by atoms with E-state index in [0.29, 0.717) is 12.1 Å². The van der Waals surface area contributed by atoms with Gasteiger partial charge in [0.05, 0.1) is 6.10 Å². The summed E-state index contributed by atoms with van der Waals surface area (Å²) in [6.07, 6.45) is 2.65. The van der Waals surface area contributed by atoms with Crippen molar-refractivity contribution in [1.82, 2.24) is 0 Å². The fraction of sp³-hybridized carbons (Fsp3) is 0.538. The molecule has 1 aliphatic carbocycles. The summed E-state index contributed by atoms with van der Waals surface area (Å²) in [6, 6.07) is 6.68. The third kappa shape index (κ3) is 2.47. The highest BCUT2D eigenvalue weighted by Gasteiger charge is 2.29. The summed E-state index contributed by atoms with van der Waals surface area (Å²) in [5, 5.41) is 3.47. The predicted octanol–water partition coefficient (Wildman–Crippen LogP) is 2.56. The largest absolute Gasteiger partial charge is 0.398 e.